The zero-order valence-corrected chi connectivity index (χ0v) is 16.2. The lowest BCUT2D eigenvalue weighted by atomic mass is 9.97. The van der Waals surface area contributed by atoms with Crippen molar-refractivity contribution >= 4 is 17.2 Å². The molecule has 0 radical (unpaired) electrons. The first kappa shape index (κ1) is 17.9. The molecule has 0 bridgehead atoms. The van der Waals surface area contributed by atoms with Gasteiger partial charge in [-0.15, -0.1) is 11.3 Å². The second kappa shape index (κ2) is 7.66. The van der Waals surface area contributed by atoms with Crippen molar-refractivity contribution in [1.82, 2.24) is 9.88 Å². The molecule has 1 unspecified atom stereocenters. The van der Waals surface area contributed by atoms with Gasteiger partial charge in [-0.1, -0.05) is 18.2 Å². The topological polar surface area (TPSA) is 72.4 Å². The molecule has 0 saturated carbocycles. The molecule has 0 aliphatic carbocycles. The molecule has 140 valence electrons. The molecule has 4 rings (SSSR count). The molecule has 2 aromatic heterocycles. The first-order valence-corrected chi connectivity index (χ1v) is 10.1. The summed E-state index contributed by atoms with van der Waals surface area (Å²) in [4.78, 5) is 19.6. The number of likely N-dealkylation sites (tertiary alicyclic amines) is 1. The number of aromatic nitrogens is 1. The molecule has 1 saturated heterocycles. The van der Waals surface area contributed by atoms with E-state index in [1.807, 2.05) is 36.6 Å². The van der Waals surface area contributed by atoms with E-state index in [1.54, 1.807) is 17.4 Å². The minimum Gasteiger partial charge on any atom is -0.440 e. The van der Waals surface area contributed by atoms with Crippen molar-refractivity contribution in [3.63, 3.8) is 0 Å². The predicted octanol–water partition coefficient (Wildman–Crippen LogP) is 3.88. The number of carbonyl (C=O) groups excluding carboxylic acids is 1. The highest BCUT2D eigenvalue weighted by molar-refractivity contribution is 7.13. The Balaban J connectivity index is 1.38. The number of hydrogen-bond acceptors (Lipinski definition) is 5. The van der Waals surface area contributed by atoms with Crippen molar-refractivity contribution in [2.45, 2.75) is 26.3 Å². The lowest BCUT2D eigenvalue weighted by molar-refractivity contribution is 0.1000. The Kier molecular flexibility index (Phi) is 5.09. The number of rotatable bonds is 6. The molecule has 0 spiro atoms. The van der Waals surface area contributed by atoms with Gasteiger partial charge < -0.3 is 10.2 Å². The van der Waals surface area contributed by atoms with Gasteiger partial charge in [0.25, 0.3) is 0 Å². The van der Waals surface area contributed by atoms with E-state index in [-0.39, 0.29) is 5.91 Å². The van der Waals surface area contributed by atoms with Crippen LogP contribution in [-0.2, 0) is 13.0 Å². The van der Waals surface area contributed by atoms with E-state index in [0.717, 1.165) is 54.7 Å². The fourth-order valence-corrected chi connectivity index (χ4v) is 4.35. The highest BCUT2D eigenvalue weighted by Crippen LogP contribution is 2.28. The molecule has 1 aromatic carbocycles. The Morgan fingerprint density at radius 2 is 2.26 bits per heavy atom. The zero-order chi connectivity index (χ0) is 18.8. The minimum atomic E-state index is -0.368. The molecule has 2 N–H and O–H groups in total. The standard InChI is InChI=1S/C21H23N3O2S/c1-14-18(23-21(26-14)19-6-3-9-27-19)13-24-8-7-16(12-24)10-15-4-2-5-17(11-15)20(22)25/h2-6,9,11,16H,7-8,10,12-13H2,1H3,(H2,22,25). The maximum Gasteiger partial charge on any atom is 0.248 e. The lowest BCUT2D eigenvalue weighted by Gasteiger charge is -2.15. The summed E-state index contributed by atoms with van der Waals surface area (Å²) in [6.07, 6.45) is 2.12. The summed E-state index contributed by atoms with van der Waals surface area (Å²) in [7, 11) is 0. The maximum atomic E-state index is 11.4. The van der Waals surface area contributed by atoms with Crippen molar-refractivity contribution in [3.8, 4) is 10.8 Å². The molecular formula is C21H23N3O2S. The van der Waals surface area contributed by atoms with Crippen molar-refractivity contribution in [1.29, 1.82) is 0 Å². The first-order valence-electron chi connectivity index (χ1n) is 9.20. The zero-order valence-electron chi connectivity index (χ0n) is 15.4. The van der Waals surface area contributed by atoms with Gasteiger partial charge in [0.1, 0.15) is 5.76 Å². The third-order valence-corrected chi connectivity index (χ3v) is 5.96. The van der Waals surface area contributed by atoms with Gasteiger partial charge in [0.15, 0.2) is 0 Å². The molecule has 5 nitrogen and oxygen atoms in total. The molecule has 1 atom stereocenters. The third kappa shape index (κ3) is 4.12. The minimum absolute atomic E-state index is 0.368. The molecule has 1 aliphatic rings. The van der Waals surface area contributed by atoms with Gasteiger partial charge in [-0.25, -0.2) is 4.98 Å². The van der Waals surface area contributed by atoms with Crippen LogP contribution in [0.3, 0.4) is 0 Å². The summed E-state index contributed by atoms with van der Waals surface area (Å²) in [5, 5.41) is 2.03. The normalized spacial score (nSPS) is 17.4. The van der Waals surface area contributed by atoms with E-state index in [9.17, 15) is 4.79 Å². The number of aryl methyl sites for hydroxylation is 1. The van der Waals surface area contributed by atoms with Gasteiger partial charge in [0, 0.05) is 18.7 Å². The Bertz CT molecular complexity index is 933. The van der Waals surface area contributed by atoms with E-state index in [4.69, 9.17) is 15.1 Å². The van der Waals surface area contributed by atoms with Gasteiger partial charge in [-0.05, 0) is 61.4 Å². The van der Waals surface area contributed by atoms with Crippen LogP contribution in [0, 0.1) is 12.8 Å². The number of thiophene rings is 1. The third-order valence-electron chi connectivity index (χ3n) is 5.10. The SMILES string of the molecule is Cc1oc(-c2cccs2)nc1CN1CCC(Cc2cccc(C(N)=O)c2)C1. The number of carbonyl (C=O) groups is 1. The molecule has 6 heteroatoms. The van der Waals surface area contributed by atoms with Gasteiger partial charge in [-0.2, -0.15) is 0 Å². The van der Waals surface area contributed by atoms with Crippen LogP contribution < -0.4 is 5.73 Å². The van der Waals surface area contributed by atoms with Gasteiger partial charge in [-0.3, -0.25) is 9.69 Å². The Morgan fingerprint density at radius 3 is 3.04 bits per heavy atom. The van der Waals surface area contributed by atoms with Gasteiger partial charge >= 0.3 is 0 Å². The molecule has 1 aliphatic heterocycles. The highest BCUT2D eigenvalue weighted by Gasteiger charge is 2.25. The number of nitrogens with zero attached hydrogens (tertiary/aromatic N) is 2. The summed E-state index contributed by atoms with van der Waals surface area (Å²) in [5.41, 5.74) is 8.17. The fraction of sp³-hybridized carbons (Fsp3) is 0.333. The molecule has 27 heavy (non-hydrogen) atoms. The summed E-state index contributed by atoms with van der Waals surface area (Å²) >= 11 is 1.64. The molecule has 3 aromatic rings. The van der Waals surface area contributed by atoms with E-state index < -0.39 is 0 Å². The van der Waals surface area contributed by atoms with Crippen LogP contribution in [0.25, 0.3) is 10.8 Å². The van der Waals surface area contributed by atoms with E-state index in [0.29, 0.717) is 11.5 Å². The second-order valence-electron chi connectivity index (χ2n) is 7.16. The van der Waals surface area contributed by atoms with Crippen molar-refractivity contribution in [2.75, 3.05) is 13.1 Å². The first-order chi connectivity index (χ1) is 13.1. The number of oxazole rings is 1. The number of nitrogens with two attached hydrogens (primary N) is 1. The Labute approximate surface area is 162 Å². The van der Waals surface area contributed by atoms with Crippen LogP contribution in [0.4, 0.5) is 0 Å². The van der Waals surface area contributed by atoms with Crippen LogP contribution in [0.1, 0.15) is 33.8 Å². The summed E-state index contributed by atoms with van der Waals surface area (Å²) < 4.78 is 5.86. The smallest absolute Gasteiger partial charge is 0.248 e. The monoisotopic (exact) mass is 381 g/mol. The molecule has 1 amide bonds. The molecule has 1 fully saturated rings. The molecule has 3 heterocycles. The summed E-state index contributed by atoms with van der Waals surface area (Å²) in [6.45, 7) is 4.89. The maximum absolute atomic E-state index is 11.4. The summed E-state index contributed by atoms with van der Waals surface area (Å²) in [5.74, 6) is 1.83. The fourth-order valence-electron chi connectivity index (χ4n) is 3.70. The van der Waals surface area contributed by atoms with Crippen LogP contribution in [0.15, 0.2) is 46.2 Å². The number of primary amides is 1. The van der Waals surface area contributed by atoms with Crippen LogP contribution in [0.5, 0.6) is 0 Å². The van der Waals surface area contributed by atoms with Gasteiger partial charge in [0.2, 0.25) is 11.8 Å². The Morgan fingerprint density at radius 1 is 1.37 bits per heavy atom. The number of amides is 1. The van der Waals surface area contributed by atoms with E-state index in [1.165, 1.54) is 5.56 Å². The lowest BCUT2D eigenvalue weighted by Crippen LogP contribution is -2.21. The van der Waals surface area contributed by atoms with Crippen LogP contribution >= 0.6 is 11.3 Å². The van der Waals surface area contributed by atoms with Crippen molar-refractivity contribution in [3.05, 3.63) is 64.4 Å². The average molecular weight is 382 g/mol. The van der Waals surface area contributed by atoms with Crippen molar-refractivity contribution < 1.29 is 9.21 Å². The largest absolute Gasteiger partial charge is 0.440 e. The number of benzene rings is 1. The van der Waals surface area contributed by atoms with E-state index >= 15 is 0 Å². The van der Waals surface area contributed by atoms with Crippen molar-refractivity contribution in [2.24, 2.45) is 11.7 Å². The predicted molar refractivity (Wildman–Crippen MR) is 107 cm³/mol. The second-order valence-corrected chi connectivity index (χ2v) is 8.11. The quantitative estimate of drug-likeness (QED) is 0.703. The van der Waals surface area contributed by atoms with Crippen LogP contribution in [-0.4, -0.2) is 28.9 Å². The molecular weight excluding hydrogens is 358 g/mol. The van der Waals surface area contributed by atoms with Gasteiger partial charge in [0.05, 0.1) is 10.6 Å². The van der Waals surface area contributed by atoms with Crippen LogP contribution in [0.2, 0.25) is 0 Å². The highest BCUT2D eigenvalue weighted by atomic mass is 32.1. The number of hydrogen-bond donors (Lipinski definition) is 1. The average Bonchev–Trinajstić information content (AvgIpc) is 3.38. The summed E-state index contributed by atoms with van der Waals surface area (Å²) in [6, 6.07) is 11.7. The Hall–Kier alpha value is -2.44. The van der Waals surface area contributed by atoms with E-state index in [2.05, 4.69) is 11.0 Å².